The van der Waals surface area contributed by atoms with Crippen LogP contribution in [0.2, 0.25) is 5.02 Å². The normalized spacial score (nSPS) is 11.3. The molecule has 2 aromatic rings. The monoisotopic (exact) mass is 390 g/mol. The molecule has 0 fully saturated rings. The molecular weight excluding hydrogens is 372 g/mol. The van der Waals surface area contributed by atoms with Gasteiger partial charge in [0.25, 0.3) is 0 Å². The first-order valence-electron chi connectivity index (χ1n) is 8.03. The number of nitrogens with two attached hydrogens (primary N) is 1. The Kier molecular flexibility index (Phi) is 7.19. The summed E-state index contributed by atoms with van der Waals surface area (Å²) < 4.78 is 9.90. The lowest BCUT2D eigenvalue weighted by Gasteiger charge is -2.17. The number of primary amides is 1. The van der Waals surface area contributed by atoms with Crippen molar-refractivity contribution in [2.45, 2.75) is 19.1 Å². The van der Waals surface area contributed by atoms with Gasteiger partial charge in [0.1, 0.15) is 6.61 Å². The van der Waals surface area contributed by atoms with Gasteiger partial charge < -0.3 is 20.5 Å². The van der Waals surface area contributed by atoms with Crippen LogP contribution in [0.15, 0.2) is 48.5 Å². The average molecular weight is 391 g/mol. The number of hydrogen-bond donors (Lipinski definition) is 2. The quantitative estimate of drug-likeness (QED) is 0.706. The van der Waals surface area contributed by atoms with Gasteiger partial charge in [0.15, 0.2) is 0 Å². The van der Waals surface area contributed by atoms with Gasteiger partial charge >= 0.3 is 18.0 Å². The van der Waals surface area contributed by atoms with Crippen molar-refractivity contribution in [1.82, 2.24) is 5.32 Å². The average Bonchev–Trinajstić information content (AvgIpc) is 2.65. The third-order valence-corrected chi connectivity index (χ3v) is 3.96. The Balaban J connectivity index is 2.00. The Labute approximate surface area is 161 Å². The Morgan fingerprint density at radius 2 is 1.85 bits per heavy atom. The van der Waals surface area contributed by atoms with E-state index in [1.807, 2.05) is 0 Å². The maximum Gasteiger partial charge on any atom is 0.337 e. The summed E-state index contributed by atoms with van der Waals surface area (Å²) >= 11 is 5.85. The van der Waals surface area contributed by atoms with Crippen LogP contribution >= 0.6 is 11.6 Å². The largest absolute Gasteiger partial charge is 0.465 e. The molecule has 1 atom stereocenters. The molecule has 2 rings (SSSR count). The summed E-state index contributed by atoms with van der Waals surface area (Å²) in [5.74, 6) is -1.01. The van der Waals surface area contributed by atoms with Crippen molar-refractivity contribution in [3.8, 4) is 0 Å². The van der Waals surface area contributed by atoms with E-state index in [9.17, 15) is 14.4 Å². The predicted octanol–water partition coefficient (Wildman–Crippen LogP) is 2.97. The van der Waals surface area contributed by atoms with E-state index in [2.05, 4.69) is 10.1 Å². The highest BCUT2D eigenvalue weighted by molar-refractivity contribution is 6.30. The fourth-order valence-corrected chi connectivity index (χ4v) is 2.54. The topological polar surface area (TPSA) is 108 Å². The summed E-state index contributed by atoms with van der Waals surface area (Å²) in [5.41, 5.74) is 6.85. The van der Waals surface area contributed by atoms with Gasteiger partial charge in [0.05, 0.1) is 25.1 Å². The van der Waals surface area contributed by atoms with E-state index >= 15 is 0 Å². The van der Waals surface area contributed by atoms with Crippen molar-refractivity contribution in [3.05, 3.63) is 70.2 Å². The molecule has 0 saturated carbocycles. The van der Waals surface area contributed by atoms with Gasteiger partial charge in [-0.1, -0.05) is 35.9 Å². The van der Waals surface area contributed by atoms with Gasteiger partial charge in [0, 0.05) is 5.02 Å². The Hall–Kier alpha value is -3.06. The second-order valence-corrected chi connectivity index (χ2v) is 6.11. The molecular formula is C19H19ClN2O5. The number of ether oxygens (including phenoxy) is 2. The van der Waals surface area contributed by atoms with Crippen molar-refractivity contribution in [1.29, 1.82) is 0 Å². The number of halogens is 1. The molecule has 0 aliphatic heterocycles. The fourth-order valence-electron chi connectivity index (χ4n) is 2.41. The minimum atomic E-state index is -0.756. The summed E-state index contributed by atoms with van der Waals surface area (Å²) in [7, 11) is 1.29. The summed E-state index contributed by atoms with van der Waals surface area (Å²) in [6.07, 6.45) is -0.110. The number of hydrogen-bond acceptors (Lipinski definition) is 5. The molecule has 2 aromatic carbocycles. The van der Waals surface area contributed by atoms with Gasteiger partial charge in [0.2, 0.25) is 0 Å². The number of nitrogens with one attached hydrogen (secondary N) is 1. The molecule has 0 aliphatic carbocycles. The molecule has 0 spiro atoms. The van der Waals surface area contributed by atoms with E-state index in [1.54, 1.807) is 48.5 Å². The van der Waals surface area contributed by atoms with Crippen LogP contribution in [0.5, 0.6) is 0 Å². The fraction of sp³-hybridized carbons (Fsp3) is 0.211. The maximum absolute atomic E-state index is 12.2. The molecule has 1 unspecified atom stereocenters. The van der Waals surface area contributed by atoms with Crippen LogP contribution in [-0.4, -0.2) is 25.1 Å². The summed E-state index contributed by atoms with van der Waals surface area (Å²) in [4.78, 5) is 35.0. The first-order valence-corrected chi connectivity index (χ1v) is 8.41. The molecule has 2 amide bonds. The Bertz CT molecular complexity index is 823. The van der Waals surface area contributed by atoms with Crippen LogP contribution in [0.4, 0.5) is 4.79 Å². The van der Waals surface area contributed by atoms with E-state index in [1.165, 1.54) is 7.11 Å². The molecule has 0 saturated heterocycles. The lowest BCUT2D eigenvalue weighted by Crippen LogP contribution is -2.34. The molecule has 7 nitrogen and oxygen atoms in total. The highest BCUT2D eigenvalue weighted by atomic mass is 35.5. The highest BCUT2D eigenvalue weighted by Gasteiger charge is 2.18. The van der Waals surface area contributed by atoms with E-state index in [0.717, 1.165) is 0 Å². The molecule has 142 valence electrons. The number of carbonyl (C=O) groups excluding carboxylic acids is 3. The zero-order valence-corrected chi connectivity index (χ0v) is 15.4. The number of esters is 2. The van der Waals surface area contributed by atoms with Gasteiger partial charge in [-0.05, 0) is 35.4 Å². The van der Waals surface area contributed by atoms with Crippen molar-refractivity contribution in [2.24, 2.45) is 5.73 Å². The molecule has 0 aromatic heterocycles. The number of benzene rings is 2. The number of amides is 2. The maximum atomic E-state index is 12.2. The minimum absolute atomic E-state index is 0.0203. The lowest BCUT2D eigenvalue weighted by molar-refractivity contribution is -0.145. The Morgan fingerprint density at radius 1 is 1.15 bits per heavy atom. The van der Waals surface area contributed by atoms with Crippen molar-refractivity contribution in [3.63, 3.8) is 0 Å². The summed E-state index contributed by atoms with van der Waals surface area (Å²) in [5, 5.41) is 3.04. The number of methoxy groups -OCH3 is 1. The molecule has 0 bridgehead atoms. The second-order valence-electron chi connectivity index (χ2n) is 5.67. The molecule has 0 heterocycles. The summed E-state index contributed by atoms with van der Waals surface area (Å²) in [6, 6.07) is 11.8. The van der Waals surface area contributed by atoms with Gasteiger partial charge in [-0.3, -0.25) is 4.79 Å². The minimum Gasteiger partial charge on any atom is -0.465 e. The standard InChI is InChI=1S/C19H19ClN2O5/c1-26-18(24)14-4-2-3-12(9-14)11-27-17(23)10-16(22-19(21)25)13-5-7-15(20)8-6-13/h2-9,16H,10-11H2,1H3,(H3,21,22,25). The van der Waals surface area contributed by atoms with Crippen LogP contribution < -0.4 is 11.1 Å². The van der Waals surface area contributed by atoms with Crippen molar-refractivity contribution < 1.29 is 23.9 Å². The van der Waals surface area contributed by atoms with Crippen LogP contribution in [0.3, 0.4) is 0 Å². The predicted molar refractivity (Wildman–Crippen MR) is 99.1 cm³/mol. The number of urea groups is 1. The third-order valence-electron chi connectivity index (χ3n) is 3.71. The SMILES string of the molecule is COC(=O)c1cccc(COC(=O)CC(NC(N)=O)c2ccc(Cl)cc2)c1. The number of carbonyl (C=O) groups is 3. The van der Waals surface area contributed by atoms with Gasteiger partial charge in [-0.15, -0.1) is 0 Å². The van der Waals surface area contributed by atoms with Crippen molar-refractivity contribution >= 4 is 29.6 Å². The van der Waals surface area contributed by atoms with E-state index < -0.39 is 24.0 Å². The first kappa shape index (κ1) is 20.3. The zero-order chi connectivity index (χ0) is 19.8. The van der Waals surface area contributed by atoms with E-state index in [-0.39, 0.29) is 13.0 Å². The van der Waals surface area contributed by atoms with Crippen LogP contribution in [0.25, 0.3) is 0 Å². The first-order chi connectivity index (χ1) is 12.9. The second kappa shape index (κ2) is 9.59. The molecule has 3 N–H and O–H groups in total. The third kappa shape index (κ3) is 6.31. The van der Waals surface area contributed by atoms with E-state index in [0.29, 0.717) is 21.7 Å². The summed E-state index contributed by atoms with van der Waals surface area (Å²) in [6.45, 7) is -0.0203. The Morgan fingerprint density at radius 3 is 2.48 bits per heavy atom. The molecule has 0 aliphatic rings. The smallest absolute Gasteiger partial charge is 0.337 e. The van der Waals surface area contributed by atoms with Crippen molar-refractivity contribution in [2.75, 3.05) is 7.11 Å². The van der Waals surface area contributed by atoms with Crippen LogP contribution in [0, 0.1) is 0 Å². The molecule has 0 radical (unpaired) electrons. The molecule has 27 heavy (non-hydrogen) atoms. The van der Waals surface area contributed by atoms with Crippen LogP contribution in [-0.2, 0) is 20.9 Å². The van der Waals surface area contributed by atoms with Crippen LogP contribution in [0.1, 0.15) is 33.9 Å². The van der Waals surface area contributed by atoms with Gasteiger partial charge in [-0.25, -0.2) is 9.59 Å². The number of rotatable bonds is 7. The highest BCUT2D eigenvalue weighted by Crippen LogP contribution is 2.20. The lowest BCUT2D eigenvalue weighted by atomic mass is 10.0. The van der Waals surface area contributed by atoms with E-state index in [4.69, 9.17) is 22.1 Å². The zero-order valence-electron chi connectivity index (χ0n) is 14.6. The van der Waals surface area contributed by atoms with Gasteiger partial charge in [-0.2, -0.15) is 0 Å². The molecule has 8 heteroatoms.